The molecule has 18 heavy (non-hydrogen) atoms. The number of hydrogen-bond donors (Lipinski definition) is 2. The van der Waals surface area contributed by atoms with Crippen molar-refractivity contribution in [3.05, 3.63) is 12.2 Å². The molecule has 0 saturated heterocycles. The Morgan fingerprint density at radius 2 is 2.11 bits per heavy atom. The molecular formula is C14H25N3O. The molecule has 0 aliphatic heterocycles. The van der Waals surface area contributed by atoms with E-state index in [9.17, 15) is 0 Å². The molecule has 0 spiro atoms. The molecule has 0 aromatic rings. The molecule has 0 atom stereocenters. The summed E-state index contributed by atoms with van der Waals surface area (Å²) in [6.45, 7) is 5.38. The third-order valence-electron chi connectivity index (χ3n) is 3.25. The average molecular weight is 251 g/mol. The first-order valence-corrected chi connectivity index (χ1v) is 7.16. The summed E-state index contributed by atoms with van der Waals surface area (Å²) in [6.07, 6.45) is 9.34. The summed E-state index contributed by atoms with van der Waals surface area (Å²) in [5.41, 5.74) is 0. The van der Waals surface area contributed by atoms with Crippen LogP contribution in [0.4, 0.5) is 0 Å². The van der Waals surface area contributed by atoms with Crippen molar-refractivity contribution in [1.29, 1.82) is 0 Å². The number of guanidine groups is 1. The van der Waals surface area contributed by atoms with Crippen molar-refractivity contribution in [3.8, 4) is 0 Å². The van der Waals surface area contributed by atoms with Gasteiger partial charge in [-0.3, -0.25) is 4.99 Å². The van der Waals surface area contributed by atoms with Gasteiger partial charge >= 0.3 is 0 Å². The zero-order valence-corrected chi connectivity index (χ0v) is 11.3. The molecule has 2 rings (SSSR count). The number of rotatable bonds is 7. The largest absolute Gasteiger partial charge is 0.379 e. The van der Waals surface area contributed by atoms with E-state index in [0.29, 0.717) is 6.04 Å². The van der Waals surface area contributed by atoms with Crippen LogP contribution in [0.5, 0.6) is 0 Å². The first-order valence-electron chi connectivity index (χ1n) is 7.16. The molecule has 4 nitrogen and oxygen atoms in total. The summed E-state index contributed by atoms with van der Waals surface area (Å²) < 4.78 is 5.58. The fourth-order valence-electron chi connectivity index (χ4n) is 2.00. The Balaban J connectivity index is 1.62. The van der Waals surface area contributed by atoms with Crippen LogP contribution in [0.2, 0.25) is 0 Å². The lowest BCUT2D eigenvalue weighted by atomic mass is 10.2. The van der Waals surface area contributed by atoms with Crippen LogP contribution in [-0.2, 0) is 4.74 Å². The van der Waals surface area contributed by atoms with E-state index in [1.807, 2.05) is 0 Å². The highest BCUT2D eigenvalue weighted by Gasteiger charge is 2.20. The van der Waals surface area contributed by atoms with Gasteiger partial charge in [-0.15, -0.1) is 0 Å². The second-order valence-corrected chi connectivity index (χ2v) is 5.06. The van der Waals surface area contributed by atoms with Gasteiger partial charge < -0.3 is 15.4 Å². The van der Waals surface area contributed by atoms with Gasteiger partial charge in [-0.05, 0) is 38.5 Å². The lowest BCUT2D eigenvalue weighted by molar-refractivity contribution is 0.131. The Labute approximate surface area is 110 Å². The van der Waals surface area contributed by atoms with E-state index >= 15 is 0 Å². The Morgan fingerprint density at radius 3 is 2.78 bits per heavy atom. The average Bonchev–Trinajstić information content (AvgIpc) is 3.05. The van der Waals surface area contributed by atoms with Gasteiger partial charge in [-0.2, -0.15) is 0 Å². The molecule has 2 N–H and O–H groups in total. The zero-order chi connectivity index (χ0) is 12.6. The van der Waals surface area contributed by atoms with Gasteiger partial charge in [-0.25, -0.2) is 0 Å². The number of nitrogens with one attached hydrogen (secondary N) is 2. The molecule has 1 saturated carbocycles. The molecule has 102 valence electrons. The summed E-state index contributed by atoms with van der Waals surface area (Å²) in [5.74, 6) is 1.76. The molecule has 0 amide bonds. The summed E-state index contributed by atoms with van der Waals surface area (Å²) in [4.78, 5) is 4.54. The Morgan fingerprint density at radius 1 is 1.33 bits per heavy atom. The molecule has 0 heterocycles. The van der Waals surface area contributed by atoms with E-state index in [1.54, 1.807) is 0 Å². The molecule has 4 heteroatoms. The normalized spacial score (nSPS) is 20.4. The maximum absolute atomic E-state index is 5.58. The highest BCUT2D eigenvalue weighted by molar-refractivity contribution is 5.80. The van der Waals surface area contributed by atoms with Crippen LogP contribution in [0.25, 0.3) is 0 Å². The first-order chi connectivity index (χ1) is 8.88. The molecule has 0 radical (unpaired) electrons. The minimum atomic E-state index is 0.509. The predicted molar refractivity (Wildman–Crippen MR) is 74.8 cm³/mol. The molecular weight excluding hydrogens is 226 g/mol. The second kappa shape index (κ2) is 7.41. The van der Waals surface area contributed by atoms with E-state index in [2.05, 4.69) is 34.7 Å². The third kappa shape index (κ3) is 5.08. The molecule has 2 aliphatic carbocycles. The molecule has 2 aliphatic rings. The van der Waals surface area contributed by atoms with Crippen LogP contribution in [0, 0.1) is 5.92 Å². The van der Waals surface area contributed by atoms with E-state index in [1.165, 1.54) is 12.8 Å². The van der Waals surface area contributed by atoms with Crippen molar-refractivity contribution in [2.24, 2.45) is 10.9 Å². The smallest absolute Gasteiger partial charge is 0.191 e. The first kappa shape index (κ1) is 13.4. The van der Waals surface area contributed by atoms with E-state index in [0.717, 1.165) is 51.0 Å². The van der Waals surface area contributed by atoms with Crippen molar-refractivity contribution < 1.29 is 4.74 Å². The highest BCUT2D eigenvalue weighted by Crippen LogP contribution is 2.28. The minimum absolute atomic E-state index is 0.509. The van der Waals surface area contributed by atoms with Gasteiger partial charge in [-0.1, -0.05) is 12.2 Å². The maximum atomic E-state index is 5.58. The lowest BCUT2D eigenvalue weighted by Crippen LogP contribution is -2.42. The summed E-state index contributed by atoms with van der Waals surface area (Å²) in [5, 5.41) is 6.73. The summed E-state index contributed by atoms with van der Waals surface area (Å²) in [6, 6.07) is 0.509. The lowest BCUT2D eigenvalue weighted by Gasteiger charge is -2.16. The van der Waals surface area contributed by atoms with Gasteiger partial charge in [0.2, 0.25) is 0 Å². The van der Waals surface area contributed by atoms with Crippen molar-refractivity contribution >= 4 is 5.96 Å². The summed E-state index contributed by atoms with van der Waals surface area (Å²) in [7, 11) is 0. The fraction of sp³-hybridized carbons (Fsp3) is 0.786. The minimum Gasteiger partial charge on any atom is -0.379 e. The van der Waals surface area contributed by atoms with Gasteiger partial charge in [0, 0.05) is 19.2 Å². The van der Waals surface area contributed by atoms with Gasteiger partial charge in [0.05, 0.1) is 13.2 Å². The second-order valence-electron chi connectivity index (χ2n) is 5.06. The number of ether oxygens (including phenoxy) is 1. The third-order valence-corrected chi connectivity index (χ3v) is 3.25. The van der Waals surface area contributed by atoms with Crippen LogP contribution in [0.15, 0.2) is 17.1 Å². The van der Waals surface area contributed by atoms with Crippen LogP contribution < -0.4 is 10.6 Å². The SMILES string of the molecule is CCNC(=NCCOCC1CC1)NC1CC=CC1. The fourth-order valence-corrected chi connectivity index (χ4v) is 2.00. The molecule has 0 unspecified atom stereocenters. The predicted octanol–water partition coefficient (Wildman–Crippen LogP) is 1.69. The Hall–Kier alpha value is -1.03. The Kier molecular flexibility index (Phi) is 5.52. The number of hydrogen-bond acceptors (Lipinski definition) is 2. The van der Waals surface area contributed by atoms with E-state index in [-0.39, 0.29) is 0 Å². The molecule has 0 bridgehead atoms. The monoisotopic (exact) mass is 251 g/mol. The van der Waals surface area contributed by atoms with E-state index in [4.69, 9.17) is 4.74 Å². The Bertz CT molecular complexity index is 289. The van der Waals surface area contributed by atoms with E-state index < -0.39 is 0 Å². The van der Waals surface area contributed by atoms with Crippen LogP contribution in [-0.4, -0.2) is 38.3 Å². The van der Waals surface area contributed by atoms with Gasteiger partial charge in [0.25, 0.3) is 0 Å². The molecule has 0 aromatic heterocycles. The quantitative estimate of drug-likeness (QED) is 0.313. The molecule has 1 fully saturated rings. The van der Waals surface area contributed by atoms with Crippen molar-refractivity contribution in [3.63, 3.8) is 0 Å². The van der Waals surface area contributed by atoms with Crippen LogP contribution in [0.1, 0.15) is 32.6 Å². The maximum Gasteiger partial charge on any atom is 0.191 e. The molecule has 0 aromatic carbocycles. The number of aliphatic imine (C=N–C) groups is 1. The van der Waals surface area contributed by atoms with Crippen molar-refractivity contribution in [1.82, 2.24) is 10.6 Å². The van der Waals surface area contributed by atoms with Gasteiger partial charge in [0.1, 0.15) is 0 Å². The zero-order valence-electron chi connectivity index (χ0n) is 11.3. The van der Waals surface area contributed by atoms with Crippen LogP contribution in [0.3, 0.4) is 0 Å². The summed E-state index contributed by atoms with van der Waals surface area (Å²) >= 11 is 0. The van der Waals surface area contributed by atoms with Crippen LogP contribution >= 0.6 is 0 Å². The standard InChI is InChI=1S/C14H25N3O/c1-2-15-14(17-13-5-3-4-6-13)16-9-10-18-11-12-7-8-12/h3-4,12-13H,2,5-11H2,1H3,(H2,15,16,17). The van der Waals surface area contributed by atoms with Crippen molar-refractivity contribution in [2.75, 3.05) is 26.3 Å². The number of nitrogens with zero attached hydrogens (tertiary/aromatic N) is 1. The topological polar surface area (TPSA) is 45.7 Å². The highest BCUT2D eigenvalue weighted by atomic mass is 16.5. The van der Waals surface area contributed by atoms with Gasteiger partial charge in [0.15, 0.2) is 5.96 Å². The van der Waals surface area contributed by atoms with Crippen molar-refractivity contribution in [2.45, 2.75) is 38.6 Å².